The molecule has 8 heteroatoms. The maximum atomic E-state index is 13.5. The van der Waals surface area contributed by atoms with Crippen molar-refractivity contribution >= 4 is 44.8 Å². The molecule has 0 aliphatic carbocycles. The maximum Gasteiger partial charge on any atom is 0.291 e. The number of halogens is 2. The van der Waals surface area contributed by atoms with E-state index in [2.05, 4.69) is 32.7 Å². The summed E-state index contributed by atoms with van der Waals surface area (Å²) in [6.45, 7) is 0. The Labute approximate surface area is 197 Å². The second-order valence-corrected chi connectivity index (χ2v) is 9.13. The first-order chi connectivity index (χ1) is 15.5. The molecule has 160 valence electrons. The Morgan fingerprint density at radius 2 is 1.97 bits per heavy atom. The van der Waals surface area contributed by atoms with Gasteiger partial charge in [-0.1, -0.05) is 51.8 Å². The number of hydrazine groups is 1. The molecule has 3 aliphatic rings. The van der Waals surface area contributed by atoms with Gasteiger partial charge in [0.15, 0.2) is 11.5 Å². The molecule has 0 radical (unpaired) electrons. The van der Waals surface area contributed by atoms with Crippen molar-refractivity contribution in [1.29, 1.82) is 0 Å². The lowest BCUT2D eigenvalue weighted by Gasteiger charge is -2.45. The van der Waals surface area contributed by atoms with Gasteiger partial charge in [0.1, 0.15) is 0 Å². The van der Waals surface area contributed by atoms with Crippen LogP contribution in [0, 0.1) is 0 Å². The molecule has 0 bridgehead atoms. The van der Waals surface area contributed by atoms with Crippen LogP contribution in [0.5, 0.6) is 11.5 Å². The molecule has 2 N–H and O–H groups in total. The Kier molecular flexibility index (Phi) is 4.30. The van der Waals surface area contributed by atoms with Gasteiger partial charge in [0, 0.05) is 20.6 Å². The van der Waals surface area contributed by atoms with Crippen LogP contribution in [0.2, 0.25) is 5.02 Å². The zero-order chi connectivity index (χ0) is 22.0. The molecule has 6 nitrogen and oxygen atoms in total. The van der Waals surface area contributed by atoms with Crippen LogP contribution in [0.1, 0.15) is 22.7 Å². The first-order valence-corrected chi connectivity index (χ1v) is 11.2. The maximum absolute atomic E-state index is 13.5. The largest absolute Gasteiger partial charge is 0.493 e. The predicted molar refractivity (Wildman–Crippen MR) is 125 cm³/mol. The van der Waals surface area contributed by atoms with Crippen LogP contribution >= 0.6 is 27.5 Å². The van der Waals surface area contributed by atoms with Crippen LogP contribution in [0.4, 0.5) is 5.69 Å². The summed E-state index contributed by atoms with van der Waals surface area (Å²) in [6, 6.07) is 18.7. The van der Waals surface area contributed by atoms with E-state index in [1.807, 2.05) is 65.7 Å². The summed E-state index contributed by atoms with van der Waals surface area (Å²) in [4.78, 5) is 13.5. The fraction of sp³-hybridized carbons (Fsp3) is 0.125. The number of methoxy groups -OCH3 is 1. The zero-order valence-corrected chi connectivity index (χ0v) is 19.2. The van der Waals surface area contributed by atoms with E-state index in [9.17, 15) is 4.79 Å². The molecule has 2 unspecified atom stereocenters. The average Bonchev–Trinajstić information content (AvgIpc) is 3.35. The van der Waals surface area contributed by atoms with Crippen LogP contribution in [0.25, 0.3) is 5.70 Å². The SMILES string of the molecule is COc1cccc2c1OC1(C(=O)Nc3ccc(Br)cc31)N1NC(c3ccc(Cl)cc3)=CC21. The average molecular weight is 511 g/mol. The number of fused-ring (bicyclic) bond motifs is 6. The zero-order valence-electron chi connectivity index (χ0n) is 16.9. The van der Waals surface area contributed by atoms with Gasteiger partial charge in [-0.15, -0.1) is 0 Å². The number of para-hydroxylation sites is 1. The van der Waals surface area contributed by atoms with Gasteiger partial charge in [0.25, 0.3) is 11.6 Å². The van der Waals surface area contributed by atoms with E-state index in [-0.39, 0.29) is 11.9 Å². The molecule has 0 aromatic heterocycles. The fourth-order valence-electron chi connectivity index (χ4n) is 4.57. The molecule has 6 rings (SSSR count). The minimum Gasteiger partial charge on any atom is -0.493 e. The third-order valence-corrected chi connectivity index (χ3v) is 6.78. The quantitative estimate of drug-likeness (QED) is 0.496. The predicted octanol–water partition coefficient (Wildman–Crippen LogP) is 5.21. The number of anilines is 1. The number of hydrogen-bond acceptors (Lipinski definition) is 5. The van der Waals surface area contributed by atoms with Gasteiger partial charge in [-0.25, -0.2) is 0 Å². The van der Waals surface area contributed by atoms with Crippen LogP contribution in [0.3, 0.4) is 0 Å². The molecular formula is C24H17BrClN3O3. The van der Waals surface area contributed by atoms with Crippen molar-refractivity contribution < 1.29 is 14.3 Å². The minimum absolute atomic E-state index is 0.268. The third-order valence-electron chi connectivity index (χ3n) is 6.04. The third kappa shape index (κ3) is 2.65. The summed E-state index contributed by atoms with van der Waals surface area (Å²) >= 11 is 9.63. The highest BCUT2D eigenvalue weighted by molar-refractivity contribution is 9.10. The number of hydrogen-bond donors (Lipinski definition) is 2. The second-order valence-electron chi connectivity index (χ2n) is 7.78. The van der Waals surface area contributed by atoms with Crippen LogP contribution in [-0.4, -0.2) is 18.0 Å². The molecule has 3 heterocycles. The molecule has 1 spiro atoms. The topological polar surface area (TPSA) is 62.8 Å². The first-order valence-electron chi connectivity index (χ1n) is 10.0. The summed E-state index contributed by atoms with van der Waals surface area (Å²) in [7, 11) is 1.60. The van der Waals surface area contributed by atoms with Crippen molar-refractivity contribution in [2.75, 3.05) is 12.4 Å². The number of amides is 1. The van der Waals surface area contributed by atoms with Crippen LogP contribution < -0.4 is 20.2 Å². The first kappa shape index (κ1) is 19.7. The Hall–Kier alpha value is -3.00. The molecule has 0 saturated heterocycles. The Morgan fingerprint density at radius 3 is 2.75 bits per heavy atom. The Bertz CT molecular complexity index is 1310. The highest BCUT2D eigenvalue weighted by Crippen LogP contribution is 2.55. The number of nitrogens with zero attached hydrogens (tertiary/aromatic N) is 1. The van der Waals surface area contributed by atoms with Gasteiger partial charge >= 0.3 is 0 Å². The Morgan fingerprint density at radius 1 is 1.16 bits per heavy atom. The van der Waals surface area contributed by atoms with Gasteiger partial charge in [-0.3, -0.25) is 4.79 Å². The summed E-state index contributed by atoms with van der Waals surface area (Å²) in [5.74, 6) is 0.853. The van der Waals surface area contributed by atoms with E-state index < -0.39 is 5.72 Å². The monoisotopic (exact) mass is 509 g/mol. The molecular weight excluding hydrogens is 494 g/mol. The van der Waals surface area contributed by atoms with Gasteiger partial charge in [-0.2, -0.15) is 5.01 Å². The van der Waals surface area contributed by atoms with Crippen molar-refractivity contribution in [3.05, 3.63) is 92.9 Å². The molecule has 3 aromatic rings. The van der Waals surface area contributed by atoms with E-state index in [0.29, 0.717) is 22.2 Å². The molecule has 0 fully saturated rings. The summed E-state index contributed by atoms with van der Waals surface area (Å²) in [6.07, 6.45) is 2.09. The standard InChI is InChI=1S/C24H17BrClN3O3/c1-31-21-4-2-3-16-20-12-19(13-5-8-15(26)9-6-13)28-29(20)24(32-22(16)21)17-11-14(25)7-10-18(17)27-23(24)30/h2-12,20,28H,1H3,(H,27,30). The molecule has 1 amide bonds. The lowest BCUT2D eigenvalue weighted by molar-refractivity contribution is -0.166. The van der Waals surface area contributed by atoms with E-state index >= 15 is 0 Å². The molecule has 3 aromatic carbocycles. The van der Waals surface area contributed by atoms with Crippen LogP contribution in [-0.2, 0) is 10.5 Å². The molecule has 2 atom stereocenters. The van der Waals surface area contributed by atoms with Crippen molar-refractivity contribution in [3.8, 4) is 11.5 Å². The molecule has 0 saturated carbocycles. The minimum atomic E-state index is -1.42. The number of carbonyl (C=O) groups is 1. The van der Waals surface area contributed by atoms with Gasteiger partial charge < -0.3 is 20.2 Å². The van der Waals surface area contributed by atoms with Gasteiger partial charge in [0.2, 0.25) is 0 Å². The van der Waals surface area contributed by atoms with Crippen molar-refractivity contribution in [2.45, 2.75) is 11.8 Å². The number of benzene rings is 3. The van der Waals surface area contributed by atoms with Gasteiger partial charge in [0.05, 0.1) is 24.5 Å². The summed E-state index contributed by atoms with van der Waals surface area (Å²) < 4.78 is 13.0. The van der Waals surface area contributed by atoms with E-state index in [1.54, 1.807) is 7.11 Å². The fourth-order valence-corrected chi connectivity index (χ4v) is 5.06. The highest BCUT2D eigenvalue weighted by atomic mass is 79.9. The normalized spacial score (nSPS) is 22.9. The number of rotatable bonds is 2. The van der Waals surface area contributed by atoms with Crippen LogP contribution in [0.15, 0.2) is 71.2 Å². The van der Waals surface area contributed by atoms with E-state index in [4.69, 9.17) is 21.1 Å². The number of nitrogens with one attached hydrogen (secondary N) is 2. The number of carbonyl (C=O) groups excluding carboxylic acids is 1. The van der Waals surface area contributed by atoms with E-state index in [0.717, 1.165) is 26.9 Å². The summed E-state index contributed by atoms with van der Waals surface area (Å²) in [5.41, 5.74) is 6.17. The van der Waals surface area contributed by atoms with E-state index in [1.165, 1.54) is 0 Å². The molecule has 32 heavy (non-hydrogen) atoms. The second kappa shape index (κ2) is 7.00. The summed E-state index contributed by atoms with van der Waals surface area (Å²) in [5, 5.41) is 5.51. The van der Waals surface area contributed by atoms with Crippen molar-refractivity contribution in [3.63, 3.8) is 0 Å². The van der Waals surface area contributed by atoms with Gasteiger partial charge in [-0.05, 0) is 48.0 Å². The Balaban J connectivity index is 1.58. The number of ether oxygens (including phenoxy) is 2. The lowest BCUT2D eigenvalue weighted by Crippen LogP contribution is -2.60. The highest BCUT2D eigenvalue weighted by Gasteiger charge is 2.61. The van der Waals surface area contributed by atoms with Crippen molar-refractivity contribution in [2.24, 2.45) is 0 Å². The van der Waals surface area contributed by atoms with Crippen molar-refractivity contribution in [1.82, 2.24) is 10.4 Å². The molecule has 3 aliphatic heterocycles. The lowest BCUT2D eigenvalue weighted by atomic mass is 9.95. The smallest absolute Gasteiger partial charge is 0.291 e.